The molecule has 0 fully saturated rings. The summed E-state index contributed by atoms with van der Waals surface area (Å²) in [7, 11) is 0. The van der Waals surface area contributed by atoms with Gasteiger partial charge in [0.25, 0.3) is 0 Å². The first-order valence-electron chi connectivity index (χ1n) is 29.2. The Balaban J connectivity index is 0.845. The third kappa shape index (κ3) is 7.06. The molecule has 6 heteroatoms. The van der Waals surface area contributed by atoms with Gasteiger partial charge in [-0.15, -0.1) is 0 Å². The van der Waals surface area contributed by atoms with Gasteiger partial charge in [0.05, 0.1) is 44.5 Å². The Morgan fingerprint density at radius 3 is 1.35 bits per heavy atom. The first kappa shape index (κ1) is 47.5. The molecule has 0 saturated heterocycles. The highest BCUT2D eigenvalue weighted by Gasteiger charge is 2.38. The van der Waals surface area contributed by atoms with Crippen molar-refractivity contribution in [2.45, 2.75) is 19.3 Å². The Kier molecular flexibility index (Phi) is 10.0. The Bertz CT molecular complexity index is 5550. The van der Waals surface area contributed by atoms with Crippen LogP contribution in [0.4, 0.5) is 0 Å². The number of hydrogen-bond donors (Lipinski definition) is 0. The molecule has 17 aromatic rings. The molecule has 0 saturated carbocycles. The van der Waals surface area contributed by atoms with Crippen molar-refractivity contribution in [3.05, 3.63) is 284 Å². The molecule has 0 bridgehead atoms. The van der Waals surface area contributed by atoms with Gasteiger partial charge in [0.15, 0.2) is 0 Å². The van der Waals surface area contributed by atoms with E-state index in [1.807, 2.05) is 0 Å². The lowest BCUT2D eigenvalue weighted by Crippen LogP contribution is -2.15. The van der Waals surface area contributed by atoms with Gasteiger partial charge in [-0.2, -0.15) is 0 Å². The highest BCUT2D eigenvalue weighted by atomic mass is 16.3. The molecule has 0 N–H and O–H groups in total. The van der Waals surface area contributed by atoms with E-state index in [0.717, 1.165) is 127 Å². The molecule has 398 valence electrons. The number of fused-ring (bicyclic) bond motifs is 16. The molecule has 0 spiro atoms. The lowest BCUT2D eigenvalue weighted by atomic mass is 9.82. The van der Waals surface area contributed by atoms with Crippen molar-refractivity contribution in [3.8, 4) is 73.2 Å². The van der Waals surface area contributed by atoms with Crippen LogP contribution in [0, 0.1) is 0 Å². The maximum Gasteiger partial charge on any atom is 0.235 e. The number of rotatable bonds is 7. The molecule has 0 unspecified atom stereocenters. The Hall–Kier alpha value is -11.1. The van der Waals surface area contributed by atoms with Crippen molar-refractivity contribution in [1.82, 2.24) is 23.7 Å². The maximum atomic E-state index is 6.85. The number of para-hydroxylation sites is 3. The fourth-order valence-electron chi connectivity index (χ4n) is 14.3. The molecule has 18 rings (SSSR count). The predicted octanol–water partition coefficient (Wildman–Crippen LogP) is 20.6. The second kappa shape index (κ2) is 18.0. The summed E-state index contributed by atoms with van der Waals surface area (Å²) < 4.78 is 14.0. The van der Waals surface area contributed by atoms with E-state index >= 15 is 0 Å². The van der Waals surface area contributed by atoms with Crippen LogP contribution in [0.1, 0.15) is 25.0 Å². The summed E-state index contributed by atoms with van der Waals surface area (Å²) in [4.78, 5) is 10.9. The predicted molar refractivity (Wildman–Crippen MR) is 352 cm³/mol. The van der Waals surface area contributed by atoms with Crippen LogP contribution in [0.15, 0.2) is 277 Å². The van der Waals surface area contributed by atoms with Crippen LogP contribution < -0.4 is 0 Å². The smallest absolute Gasteiger partial charge is 0.235 e. The van der Waals surface area contributed by atoms with Crippen molar-refractivity contribution in [2.75, 3.05) is 0 Å². The van der Waals surface area contributed by atoms with Gasteiger partial charge in [0.2, 0.25) is 5.95 Å². The number of hydrogen-bond acceptors (Lipinski definition) is 3. The molecule has 0 amide bonds. The monoisotopic (exact) mass is 1090 g/mol. The van der Waals surface area contributed by atoms with Crippen LogP contribution in [0.25, 0.3) is 161 Å². The standard InChI is InChI=1S/C79H51N5O/c1-79(2)66-29-17-15-27-56(66)58-35-36-59-65-44-53(34-40-75(65)85-77(59)76(58)79)52-32-38-71-61(42-52)60-41-50(31-37-70(60)82(71)54-23-11-5-12-24-54)51-33-39-72-62(43-51)64-46-73-63(57-28-16-18-30-69(57)83(73)55-25-13-6-14-26-55)45-74(64)84(72)78-80-67(48-19-7-3-8-20-48)47-68(81-78)49-21-9-4-10-22-49/h3-47H,1-2H3. The Labute approximate surface area is 489 Å². The molecule has 0 atom stereocenters. The van der Waals surface area contributed by atoms with Gasteiger partial charge < -0.3 is 13.6 Å². The van der Waals surface area contributed by atoms with Gasteiger partial charge in [0, 0.05) is 76.6 Å². The largest absolute Gasteiger partial charge is 0.456 e. The van der Waals surface area contributed by atoms with E-state index in [2.05, 4.69) is 301 Å². The van der Waals surface area contributed by atoms with Crippen LogP contribution in [-0.4, -0.2) is 23.7 Å². The average molecular weight is 1090 g/mol. The topological polar surface area (TPSA) is 53.7 Å². The van der Waals surface area contributed by atoms with Crippen molar-refractivity contribution in [2.24, 2.45) is 0 Å². The first-order chi connectivity index (χ1) is 41.9. The number of aromatic nitrogens is 5. The molecule has 85 heavy (non-hydrogen) atoms. The number of nitrogens with zero attached hydrogens (tertiary/aromatic N) is 5. The molecular formula is C79H51N5O. The zero-order valence-electron chi connectivity index (χ0n) is 46.6. The second-order valence-corrected chi connectivity index (χ2v) is 23.3. The molecule has 5 heterocycles. The Morgan fingerprint density at radius 1 is 0.306 bits per heavy atom. The van der Waals surface area contributed by atoms with Crippen molar-refractivity contribution >= 4 is 87.4 Å². The molecule has 1 aliphatic rings. The quantitative estimate of drug-likeness (QED) is 0.160. The van der Waals surface area contributed by atoms with Crippen molar-refractivity contribution < 1.29 is 4.42 Å². The zero-order valence-corrected chi connectivity index (χ0v) is 46.6. The fraction of sp³-hybridized carbons (Fsp3) is 0.0380. The van der Waals surface area contributed by atoms with Gasteiger partial charge in [-0.1, -0.05) is 184 Å². The van der Waals surface area contributed by atoms with Crippen LogP contribution in [0.3, 0.4) is 0 Å². The molecule has 12 aromatic carbocycles. The summed E-state index contributed by atoms with van der Waals surface area (Å²) in [6, 6.07) is 99.0. The normalized spacial score (nSPS) is 12.9. The minimum atomic E-state index is -0.182. The van der Waals surface area contributed by atoms with Gasteiger partial charge in [-0.25, -0.2) is 9.97 Å². The molecule has 0 radical (unpaired) electrons. The summed E-state index contributed by atoms with van der Waals surface area (Å²) in [5, 5.41) is 9.22. The van der Waals surface area contributed by atoms with E-state index < -0.39 is 0 Å². The van der Waals surface area contributed by atoms with Crippen LogP contribution >= 0.6 is 0 Å². The van der Waals surface area contributed by atoms with Crippen LogP contribution in [-0.2, 0) is 5.41 Å². The van der Waals surface area contributed by atoms with Gasteiger partial charge in [0.1, 0.15) is 11.2 Å². The summed E-state index contributed by atoms with van der Waals surface area (Å²) in [5.41, 5.74) is 24.1. The first-order valence-corrected chi connectivity index (χ1v) is 29.2. The number of benzene rings is 12. The third-order valence-corrected chi connectivity index (χ3v) is 18.2. The van der Waals surface area contributed by atoms with Gasteiger partial charge >= 0.3 is 0 Å². The Morgan fingerprint density at radius 2 is 0.753 bits per heavy atom. The minimum absolute atomic E-state index is 0.182. The van der Waals surface area contributed by atoms with E-state index in [1.165, 1.54) is 38.4 Å². The average Bonchev–Trinajstić information content (AvgIpc) is 2.10. The van der Waals surface area contributed by atoms with E-state index in [9.17, 15) is 0 Å². The summed E-state index contributed by atoms with van der Waals surface area (Å²) in [5.74, 6) is 0.614. The molecule has 6 nitrogen and oxygen atoms in total. The van der Waals surface area contributed by atoms with E-state index in [1.54, 1.807) is 0 Å². The lowest BCUT2D eigenvalue weighted by molar-refractivity contribution is 0.620. The summed E-state index contributed by atoms with van der Waals surface area (Å²) in [6.07, 6.45) is 0. The minimum Gasteiger partial charge on any atom is -0.456 e. The molecule has 5 aromatic heterocycles. The van der Waals surface area contributed by atoms with Crippen molar-refractivity contribution in [3.63, 3.8) is 0 Å². The third-order valence-electron chi connectivity index (χ3n) is 18.2. The summed E-state index contributed by atoms with van der Waals surface area (Å²) >= 11 is 0. The van der Waals surface area contributed by atoms with E-state index in [0.29, 0.717) is 5.95 Å². The summed E-state index contributed by atoms with van der Waals surface area (Å²) in [6.45, 7) is 4.65. The highest BCUT2D eigenvalue weighted by molar-refractivity contribution is 6.20. The van der Waals surface area contributed by atoms with E-state index in [-0.39, 0.29) is 5.41 Å². The van der Waals surface area contributed by atoms with Crippen LogP contribution in [0.2, 0.25) is 0 Å². The van der Waals surface area contributed by atoms with Crippen molar-refractivity contribution in [1.29, 1.82) is 0 Å². The molecule has 0 aliphatic heterocycles. The van der Waals surface area contributed by atoms with Gasteiger partial charge in [-0.05, 0) is 142 Å². The second-order valence-electron chi connectivity index (χ2n) is 23.3. The van der Waals surface area contributed by atoms with E-state index in [4.69, 9.17) is 14.4 Å². The fourth-order valence-corrected chi connectivity index (χ4v) is 14.3. The zero-order chi connectivity index (χ0) is 56.1. The molecule has 1 aliphatic carbocycles. The maximum absolute atomic E-state index is 6.85. The SMILES string of the molecule is CC1(C)c2ccccc2-c2ccc3c(oc4ccc(-c5ccc6c(c5)c5cc(-c7ccc8c(c7)c7cc9c(cc7n8-c7nc(-c8ccccc8)cc(-c8ccccc8)n7)c7ccccc7n9-c7ccccc7)ccc5n6-c5ccccc5)cc43)c21. The molecular weight excluding hydrogens is 1030 g/mol. The highest BCUT2D eigenvalue weighted by Crippen LogP contribution is 2.53. The van der Waals surface area contributed by atoms with Crippen LogP contribution in [0.5, 0.6) is 0 Å². The van der Waals surface area contributed by atoms with Gasteiger partial charge in [-0.3, -0.25) is 4.57 Å². The lowest BCUT2D eigenvalue weighted by Gasteiger charge is -2.21. The number of furan rings is 1.